The number of ether oxygens (including phenoxy) is 4. The molecule has 11 nitrogen and oxygen atoms in total. The van der Waals surface area contributed by atoms with E-state index in [-0.39, 0.29) is 6.61 Å². The standard InChI is InChI=1S/C22H28N2O9/c1-11-7-6-8-16(9-11)23-22(29)24-18-19(12(2)25)33-17(10-30-13(3)26)20(31-14(4)27)21(18)32-15(5)28/h6-9,17-21H,10H2,1-5H3,(H2,23,24,29)/t17-,18+,19-,20-,21-/m1/s1. The van der Waals surface area contributed by atoms with Gasteiger partial charge in [-0.05, 0) is 31.5 Å². The van der Waals surface area contributed by atoms with Crippen molar-refractivity contribution in [3.05, 3.63) is 29.8 Å². The zero-order valence-electron chi connectivity index (χ0n) is 19.1. The second-order valence-corrected chi connectivity index (χ2v) is 7.65. The van der Waals surface area contributed by atoms with Gasteiger partial charge < -0.3 is 29.6 Å². The van der Waals surface area contributed by atoms with Crippen LogP contribution in [0.5, 0.6) is 0 Å². The van der Waals surface area contributed by atoms with Crippen molar-refractivity contribution >= 4 is 35.4 Å². The first-order valence-corrected chi connectivity index (χ1v) is 10.3. The number of carbonyl (C=O) groups excluding carboxylic acids is 5. The van der Waals surface area contributed by atoms with Crippen molar-refractivity contribution in [1.29, 1.82) is 0 Å². The Morgan fingerprint density at radius 3 is 2.12 bits per heavy atom. The fraction of sp³-hybridized carbons (Fsp3) is 0.500. The molecule has 1 aliphatic rings. The lowest BCUT2D eigenvalue weighted by atomic mass is 9.90. The van der Waals surface area contributed by atoms with Crippen LogP contribution >= 0.6 is 0 Å². The number of esters is 3. The van der Waals surface area contributed by atoms with Crippen LogP contribution in [-0.4, -0.2) is 66.8 Å². The molecule has 0 saturated carbocycles. The van der Waals surface area contributed by atoms with Crippen LogP contribution in [-0.2, 0) is 38.1 Å². The van der Waals surface area contributed by atoms with Gasteiger partial charge in [-0.15, -0.1) is 0 Å². The maximum absolute atomic E-state index is 12.7. The van der Waals surface area contributed by atoms with Gasteiger partial charge in [0.2, 0.25) is 0 Å². The van der Waals surface area contributed by atoms with Crippen molar-refractivity contribution in [3.8, 4) is 0 Å². The fourth-order valence-corrected chi connectivity index (χ4v) is 3.49. The van der Waals surface area contributed by atoms with Gasteiger partial charge in [-0.2, -0.15) is 0 Å². The SMILES string of the molecule is CC(=O)OC[C@H]1O[C@H](C(C)=O)[C@H](NC(=O)Nc2cccc(C)c2)[C@@H](OC(C)=O)[C@@H]1OC(C)=O. The van der Waals surface area contributed by atoms with Crippen LogP contribution in [0.4, 0.5) is 10.5 Å². The Bertz CT molecular complexity index is 917. The number of urea groups is 1. The van der Waals surface area contributed by atoms with Crippen LogP contribution in [0.15, 0.2) is 24.3 Å². The average Bonchev–Trinajstić information content (AvgIpc) is 2.68. The topological polar surface area (TPSA) is 146 Å². The van der Waals surface area contributed by atoms with Crippen molar-refractivity contribution in [2.75, 3.05) is 11.9 Å². The predicted molar refractivity (Wildman–Crippen MR) is 114 cm³/mol. The number of hydrogen-bond acceptors (Lipinski definition) is 9. The van der Waals surface area contributed by atoms with Gasteiger partial charge >= 0.3 is 23.9 Å². The largest absolute Gasteiger partial charge is 0.463 e. The number of aryl methyl sites for hydroxylation is 1. The minimum Gasteiger partial charge on any atom is -0.463 e. The zero-order chi connectivity index (χ0) is 24.7. The molecule has 0 aliphatic carbocycles. The number of Topliss-reactive ketones (excluding diaryl/α,β-unsaturated/α-hetero) is 1. The first kappa shape index (κ1) is 25.8. The molecule has 1 aromatic rings. The molecule has 33 heavy (non-hydrogen) atoms. The summed E-state index contributed by atoms with van der Waals surface area (Å²) in [4.78, 5) is 60.0. The maximum atomic E-state index is 12.7. The van der Waals surface area contributed by atoms with Crippen molar-refractivity contribution in [2.24, 2.45) is 0 Å². The molecule has 2 amide bonds. The molecule has 1 fully saturated rings. The van der Waals surface area contributed by atoms with Crippen molar-refractivity contribution < 1.29 is 42.9 Å². The summed E-state index contributed by atoms with van der Waals surface area (Å²) in [6, 6.07) is 5.12. The summed E-state index contributed by atoms with van der Waals surface area (Å²) in [6.07, 6.45) is -4.94. The minimum absolute atomic E-state index is 0.364. The molecule has 2 N–H and O–H groups in total. The summed E-state index contributed by atoms with van der Waals surface area (Å²) in [7, 11) is 0. The summed E-state index contributed by atoms with van der Waals surface area (Å²) in [5, 5.41) is 5.23. The fourth-order valence-electron chi connectivity index (χ4n) is 3.49. The molecule has 1 aliphatic heterocycles. The number of benzene rings is 1. The number of amides is 2. The van der Waals surface area contributed by atoms with Crippen molar-refractivity contribution in [1.82, 2.24) is 5.32 Å². The van der Waals surface area contributed by atoms with Crippen LogP contribution in [0, 0.1) is 6.92 Å². The smallest absolute Gasteiger partial charge is 0.319 e. The van der Waals surface area contributed by atoms with Crippen LogP contribution < -0.4 is 10.6 Å². The van der Waals surface area contributed by atoms with E-state index in [2.05, 4.69) is 10.6 Å². The molecular formula is C22H28N2O9. The van der Waals surface area contributed by atoms with Gasteiger partial charge in [-0.25, -0.2) is 4.79 Å². The van der Waals surface area contributed by atoms with E-state index in [0.717, 1.165) is 19.4 Å². The lowest BCUT2D eigenvalue weighted by molar-refractivity contribution is -0.220. The number of ketones is 1. The Hall–Kier alpha value is -3.47. The Morgan fingerprint density at radius 1 is 0.939 bits per heavy atom. The molecule has 1 saturated heterocycles. The number of rotatable bonds is 7. The molecule has 0 bridgehead atoms. The van der Waals surface area contributed by atoms with Gasteiger partial charge in [0.25, 0.3) is 0 Å². The van der Waals surface area contributed by atoms with Crippen LogP contribution in [0.1, 0.15) is 33.3 Å². The molecule has 0 radical (unpaired) electrons. The molecule has 0 spiro atoms. The van der Waals surface area contributed by atoms with E-state index in [1.54, 1.807) is 18.2 Å². The molecule has 0 unspecified atom stereocenters. The first-order valence-electron chi connectivity index (χ1n) is 10.3. The normalized spacial score (nSPS) is 24.2. The third kappa shape index (κ3) is 7.56. The quantitative estimate of drug-likeness (QED) is 0.450. The van der Waals surface area contributed by atoms with Gasteiger partial charge in [-0.3, -0.25) is 19.2 Å². The van der Waals surface area contributed by atoms with Crippen molar-refractivity contribution in [3.63, 3.8) is 0 Å². The summed E-state index contributed by atoms with van der Waals surface area (Å²) < 4.78 is 21.4. The van der Waals surface area contributed by atoms with E-state index in [4.69, 9.17) is 18.9 Å². The number of nitrogens with one attached hydrogen (secondary N) is 2. The van der Waals surface area contributed by atoms with Gasteiger partial charge in [-0.1, -0.05) is 12.1 Å². The highest BCUT2D eigenvalue weighted by atomic mass is 16.6. The number of anilines is 1. The summed E-state index contributed by atoms with van der Waals surface area (Å²) in [5.74, 6) is -2.57. The minimum atomic E-state index is -1.29. The van der Waals surface area contributed by atoms with E-state index in [1.807, 2.05) is 13.0 Å². The highest BCUT2D eigenvalue weighted by Crippen LogP contribution is 2.28. The second kappa shape index (κ2) is 11.4. The van der Waals surface area contributed by atoms with Crippen LogP contribution in [0.25, 0.3) is 0 Å². The molecule has 1 aromatic carbocycles. The van der Waals surface area contributed by atoms with E-state index >= 15 is 0 Å². The molecule has 11 heteroatoms. The third-order valence-electron chi connectivity index (χ3n) is 4.72. The van der Waals surface area contributed by atoms with E-state index < -0.39 is 60.2 Å². The van der Waals surface area contributed by atoms with Gasteiger partial charge in [0, 0.05) is 26.5 Å². The molecular weight excluding hydrogens is 436 g/mol. The van der Waals surface area contributed by atoms with E-state index in [0.29, 0.717) is 5.69 Å². The lowest BCUT2D eigenvalue weighted by Gasteiger charge is -2.44. The van der Waals surface area contributed by atoms with Gasteiger partial charge in [0.15, 0.2) is 18.0 Å². The maximum Gasteiger partial charge on any atom is 0.319 e. The van der Waals surface area contributed by atoms with Crippen LogP contribution in [0.3, 0.4) is 0 Å². The van der Waals surface area contributed by atoms with Crippen LogP contribution in [0.2, 0.25) is 0 Å². The second-order valence-electron chi connectivity index (χ2n) is 7.65. The lowest BCUT2D eigenvalue weighted by Crippen LogP contribution is -2.68. The van der Waals surface area contributed by atoms with E-state index in [1.165, 1.54) is 13.8 Å². The predicted octanol–water partition coefficient (Wildman–Crippen LogP) is 1.27. The Morgan fingerprint density at radius 2 is 1.58 bits per heavy atom. The molecule has 1 heterocycles. The molecule has 5 atom stereocenters. The summed E-state index contributed by atoms with van der Waals surface area (Å²) >= 11 is 0. The Labute approximate surface area is 191 Å². The Kier molecular flexibility index (Phi) is 8.92. The van der Waals surface area contributed by atoms with Gasteiger partial charge in [0.1, 0.15) is 24.9 Å². The summed E-state index contributed by atoms with van der Waals surface area (Å²) in [6.45, 7) is 6.17. The first-order chi connectivity index (χ1) is 15.5. The highest BCUT2D eigenvalue weighted by Gasteiger charge is 2.52. The number of hydrogen-bond donors (Lipinski definition) is 2. The summed E-state index contributed by atoms with van der Waals surface area (Å²) in [5.41, 5.74) is 1.41. The van der Waals surface area contributed by atoms with Crippen molar-refractivity contribution in [2.45, 2.75) is 65.1 Å². The average molecular weight is 464 g/mol. The molecule has 180 valence electrons. The third-order valence-corrected chi connectivity index (χ3v) is 4.72. The monoisotopic (exact) mass is 464 g/mol. The molecule has 0 aromatic heterocycles. The number of carbonyl (C=O) groups is 5. The van der Waals surface area contributed by atoms with Gasteiger partial charge in [0.05, 0.1) is 0 Å². The Balaban J connectivity index is 2.36. The highest BCUT2D eigenvalue weighted by molar-refractivity contribution is 5.91. The van der Waals surface area contributed by atoms with E-state index in [9.17, 15) is 24.0 Å². The zero-order valence-corrected chi connectivity index (χ0v) is 19.1. The molecule has 2 rings (SSSR count).